The van der Waals surface area contributed by atoms with Gasteiger partial charge in [-0.05, 0) is 48.5 Å². The van der Waals surface area contributed by atoms with Crippen molar-refractivity contribution in [2.45, 2.75) is 6.04 Å². The summed E-state index contributed by atoms with van der Waals surface area (Å²) in [5, 5.41) is 11.2. The Morgan fingerprint density at radius 2 is 1.74 bits per heavy atom. The third kappa shape index (κ3) is 3.77. The zero-order chi connectivity index (χ0) is 24.4. The fourth-order valence-electron chi connectivity index (χ4n) is 3.83. The van der Waals surface area contributed by atoms with E-state index in [0.717, 1.165) is 0 Å². The number of nitrogens with zero attached hydrogens (tertiary/aromatic N) is 1. The third-order valence-electron chi connectivity index (χ3n) is 5.49. The van der Waals surface area contributed by atoms with Crippen LogP contribution in [0.5, 0.6) is 11.5 Å². The van der Waals surface area contributed by atoms with Crippen molar-refractivity contribution in [1.82, 2.24) is 0 Å². The average molecular weight is 463 g/mol. The molecule has 1 aliphatic heterocycles. The second kappa shape index (κ2) is 9.14. The molecule has 1 fully saturated rings. The van der Waals surface area contributed by atoms with Crippen molar-refractivity contribution in [2.75, 3.05) is 26.2 Å². The van der Waals surface area contributed by atoms with E-state index < -0.39 is 29.5 Å². The Morgan fingerprint density at radius 1 is 1.00 bits per heavy atom. The Hall–Kier alpha value is -4.53. The normalized spacial score (nSPS) is 17.0. The van der Waals surface area contributed by atoms with Gasteiger partial charge in [-0.3, -0.25) is 14.5 Å². The van der Waals surface area contributed by atoms with Gasteiger partial charge in [-0.2, -0.15) is 0 Å². The number of ketones is 1. The number of benzene rings is 2. The summed E-state index contributed by atoms with van der Waals surface area (Å²) in [5.74, 6) is -1.71. The molecule has 0 spiro atoms. The lowest BCUT2D eigenvalue weighted by Gasteiger charge is -2.23. The van der Waals surface area contributed by atoms with Crippen LogP contribution in [0, 0.1) is 0 Å². The molecule has 0 radical (unpaired) electrons. The van der Waals surface area contributed by atoms with Crippen LogP contribution in [0.3, 0.4) is 0 Å². The third-order valence-corrected chi connectivity index (χ3v) is 5.49. The number of furan rings is 1. The average Bonchev–Trinajstić information content (AvgIpc) is 3.49. The zero-order valence-corrected chi connectivity index (χ0v) is 18.6. The highest BCUT2D eigenvalue weighted by atomic mass is 16.5. The summed E-state index contributed by atoms with van der Waals surface area (Å²) in [5.41, 5.74) is 0.650. The maximum atomic E-state index is 13.2. The van der Waals surface area contributed by atoms with Crippen LogP contribution in [0.1, 0.15) is 27.7 Å². The molecule has 9 heteroatoms. The van der Waals surface area contributed by atoms with Gasteiger partial charge in [-0.25, -0.2) is 4.79 Å². The highest BCUT2D eigenvalue weighted by Crippen LogP contribution is 2.43. The van der Waals surface area contributed by atoms with Crippen LogP contribution in [0.15, 0.2) is 70.9 Å². The van der Waals surface area contributed by atoms with Gasteiger partial charge in [-0.1, -0.05) is 0 Å². The zero-order valence-electron chi connectivity index (χ0n) is 18.6. The molecule has 1 aliphatic rings. The molecule has 4 rings (SSSR count). The summed E-state index contributed by atoms with van der Waals surface area (Å²) >= 11 is 0. The molecule has 0 bridgehead atoms. The van der Waals surface area contributed by atoms with Gasteiger partial charge in [0.2, 0.25) is 0 Å². The topological polar surface area (TPSA) is 116 Å². The number of carbonyl (C=O) groups is 3. The van der Waals surface area contributed by atoms with Crippen LogP contribution in [-0.2, 0) is 14.3 Å². The number of methoxy groups -OCH3 is 3. The maximum Gasteiger partial charge on any atom is 0.337 e. The number of aliphatic hydroxyl groups is 1. The minimum atomic E-state index is -1.05. The Bertz CT molecular complexity index is 1270. The van der Waals surface area contributed by atoms with Gasteiger partial charge in [0.15, 0.2) is 0 Å². The lowest BCUT2D eigenvalue weighted by Crippen LogP contribution is -2.29. The van der Waals surface area contributed by atoms with E-state index in [9.17, 15) is 19.5 Å². The molecule has 0 saturated carbocycles. The fraction of sp³-hybridized carbons (Fsp3) is 0.160. The minimum Gasteiger partial charge on any atom is -0.507 e. The quantitative estimate of drug-likeness (QED) is 0.255. The number of Topliss-reactive ketones (excluding diaryl/α,β-unsaturated/α-hetero) is 1. The number of esters is 1. The molecule has 34 heavy (non-hydrogen) atoms. The van der Waals surface area contributed by atoms with Crippen molar-refractivity contribution in [3.63, 3.8) is 0 Å². The molecule has 1 aromatic heterocycles. The second-order valence-electron chi connectivity index (χ2n) is 7.29. The number of anilines is 1. The van der Waals surface area contributed by atoms with E-state index in [-0.39, 0.29) is 28.2 Å². The predicted molar refractivity (Wildman–Crippen MR) is 121 cm³/mol. The first kappa shape index (κ1) is 22.7. The Balaban J connectivity index is 1.88. The van der Waals surface area contributed by atoms with Gasteiger partial charge in [0.25, 0.3) is 11.7 Å². The first-order valence-corrected chi connectivity index (χ1v) is 10.2. The first-order chi connectivity index (χ1) is 16.4. The molecule has 3 aromatic rings. The number of amides is 1. The minimum absolute atomic E-state index is 0.166. The van der Waals surface area contributed by atoms with Crippen LogP contribution >= 0.6 is 0 Å². The molecule has 9 nitrogen and oxygen atoms in total. The van der Waals surface area contributed by atoms with Crippen molar-refractivity contribution in [1.29, 1.82) is 0 Å². The summed E-state index contributed by atoms with van der Waals surface area (Å²) < 4.78 is 20.8. The summed E-state index contributed by atoms with van der Waals surface area (Å²) in [7, 11) is 4.17. The summed E-state index contributed by atoms with van der Waals surface area (Å²) in [6, 6.07) is 12.8. The van der Waals surface area contributed by atoms with Gasteiger partial charge >= 0.3 is 5.97 Å². The van der Waals surface area contributed by atoms with Crippen molar-refractivity contribution in [3.8, 4) is 11.5 Å². The van der Waals surface area contributed by atoms with Crippen molar-refractivity contribution < 1.29 is 38.1 Å². The Morgan fingerprint density at radius 3 is 2.32 bits per heavy atom. The Kier molecular flexibility index (Phi) is 6.09. The van der Waals surface area contributed by atoms with Crippen molar-refractivity contribution >= 4 is 29.1 Å². The lowest BCUT2D eigenvalue weighted by atomic mass is 9.98. The molecular weight excluding hydrogens is 442 g/mol. The van der Waals surface area contributed by atoms with Crippen LogP contribution < -0.4 is 14.4 Å². The number of rotatable bonds is 6. The molecule has 1 unspecified atom stereocenters. The molecule has 2 aromatic carbocycles. The largest absolute Gasteiger partial charge is 0.507 e. The van der Waals surface area contributed by atoms with Crippen LogP contribution in [0.4, 0.5) is 5.69 Å². The van der Waals surface area contributed by atoms with Gasteiger partial charge in [-0.15, -0.1) is 0 Å². The van der Waals surface area contributed by atoms with Gasteiger partial charge < -0.3 is 23.7 Å². The number of ether oxygens (including phenoxy) is 3. The summed E-state index contributed by atoms with van der Waals surface area (Å²) in [4.78, 5) is 39.3. The van der Waals surface area contributed by atoms with Crippen molar-refractivity contribution in [2.24, 2.45) is 0 Å². The van der Waals surface area contributed by atoms with E-state index in [1.807, 2.05) is 0 Å². The molecule has 1 atom stereocenters. The molecule has 1 amide bonds. The molecular formula is C25H21NO8. The van der Waals surface area contributed by atoms with Crippen molar-refractivity contribution in [3.05, 3.63) is 83.3 Å². The molecule has 2 heterocycles. The highest BCUT2D eigenvalue weighted by molar-refractivity contribution is 6.51. The monoisotopic (exact) mass is 463 g/mol. The first-order valence-electron chi connectivity index (χ1n) is 10.2. The van der Waals surface area contributed by atoms with Gasteiger partial charge in [0.1, 0.15) is 29.1 Å². The van der Waals surface area contributed by atoms with E-state index in [1.54, 1.807) is 24.3 Å². The highest BCUT2D eigenvalue weighted by Gasteiger charge is 2.48. The van der Waals surface area contributed by atoms with Crippen LogP contribution in [0.2, 0.25) is 0 Å². The smallest absolute Gasteiger partial charge is 0.337 e. The van der Waals surface area contributed by atoms with E-state index in [4.69, 9.17) is 18.6 Å². The van der Waals surface area contributed by atoms with E-state index in [1.165, 1.54) is 62.8 Å². The van der Waals surface area contributed by atoms with Crippen LogP contribution in [-0.4, -0.2) is 44.1 Å². The molecule has 1 N–H and O–H groups in total. The fourth-order valence-corrected chi connectivity index (χ4v) is 3.83. The maximum absolute atomic E-state index is 13.2. The Labute approximate surface area is 194 Å². The molecule has 1 saturated heterocycles. The second-order valence-corrected chi connectivity index (χ2v) is 7.29. The lowest BCUT2D eigenvalue weighted by molar-refractivity contribution is -0.132. The van der Waals surface area contributed by atoms with E-state index in [0.29, 0.717) is 11.4 Å². The number of hydrogen-bond acceptors (Lipinski definition) is 8. The predicted octanol–water partition coefficient (Wildman–Crippen LogP) is 3.71. The number of hydrogen-bond donors (Lipinski definition) is 1. The SMILES string of the molecule is COC(=O)c1ccc(N2C(=O)C(=O)/C(=C(\O)c3ccc(OC)cc3OC)C2c2ccco2)cc1. The summed E-state index contributed by atoms with van der Waals surface area (Å²) in [6.45, 7) is 0. The van der Waals surface area contributed by atoms with E-state index in [2.05, 4.69) is 0 Å². The van der Waals surface area contributed by atoms with Gasteiger partial charge in [0.05, 0.1) is 44.3 Å². The molecule has 0 aliphatic carbocycles. The van der Waals surface area contributed by atoms with Gasteiger partial charge in [0, 0.05) is 11.8 Å². The standard InChI is InChI=1S/C25H21NO8/c1-31-16-10-11-17(19(13-16)32-2)22(27)20-21(18-5-4-12-34-18)26(24(29)23(20)28)15-8-6-14(7-9-15)25(30)33-3/h4-13,21,27H,1-3H3/b22-20-. The van der Waals surface area contributed by atoms with Crippen LogP contribution in [0.25, 0.3) is 5.76 Å². The number of carbonyl (C=O) groups excluding carboxylic acids is 3. The number of aliphatic hydroxyl groups excluding tert-OH is 1. The summed E-state index contributed by atoms with van der Waals surface area (Å²) in [6.07, 6.45) is 1.41. The molecule has 174 valence electrons. The van der Waals surface area contributed by atoms with E-state index >= 15 is 0 Å².